The van der Waals surface area contributed by atoms with Crippen molar-refractivity contribution in [3.63, 3.8) is 0 Å². The molecule has 1 unspecified atom stereocenters. The summed E-state index contributed by atoms with van der Waals surface area (Å²) in [6.45, 7) is 4.33. The zero-order chi connectivity index (χ0) is 14.5. The van der Waals surface area contributed by atoms with Crippen molar-refractivity contribution in [1.82, 2.24) is 0 Å². The lowest BCUT2D eigenvalue weighted by Gasteiger charge is -2.14. The van der Waals surface area contributed by atoms with Crippen LogP contribution in [0.15, 0.2) is 18.2 Å². The highest BCUT2D eigenvalue weighted by Gasteiger charge is 2.25. The van der Waals surface area contributed by atoms with Gasteiger partial charge < -0.3 is 10.5 Å². The molecule has 0 saturated carbocycles. The highest BCUT2D eigenvalue weighted by atomic mass is 19.4. The van der Waals surface area contributed by atoms with Crippen LogP contribution in [0.1, 0.15) is 35.6 Å². The van der Waals surface area contributed by atoms with Crippen LogP contribution in [0.5, 0.6) is 0 Å². The van der Waals surface area contributed by atoms with E-state index in [9.17, 15) is 13.2 Å². The van der Waals surface area contributed by atoms with Gasteiger partial charge in [-0.2, -0.15) is 13.2 Å². The Morgan fingerprint density at radius 3 is 2.47 bits per heavy atom. The van der Waals surface area contributed by atoms with E-state index in [-0.39, 0.29) is 25.7 Å². The average Bonchev–Trinajstić information content (AvgIpc) is 2.30. The molecule has 19 heavy (non-hydrogen) atoms. The first-order chi connectivity index (χ1) is 8.79. The number of ether oxygens (including phenoxy) is 1. The van der Waals surface area contributed by atoms with Crippen molar-refractivity contribution in [3.05, 3.63) is 34.9 Å². The van der Waals surface area contributed by atoms with Gasteiger partial charge in [0.1, 0.15) is 0 Å². The highest BCUT2D eigenvalue weighted by Crippen LogP contribution is 2.21. The second-order valence-electron chi connectivity index (χ2n) is 4.74. The second-order valence-corrected chi connectivity index (χ2v) is 4.74. The van der Waals surface area contributed by atoms with Gasteiger partial charge in [0.2, 0.25) is 0 Å². The van der Waals surface area contributed by atoms with Crippen molar-refractivity contribution in [1.29, 1.82) is 0 Å². The first-order valence-corrected chi connectivity index (χ1v) is 6.27. The molecule has 108 valence electrons. The lowest BCUT2D eigenvalue weighted by atomic mass is 10.0. The molecule has 0 saturated heterocycles. The monoisotopic (exact) mass is 275 g/mol. The number of alkyl halides is 3. The maximum atomic E-state index is 11.9. The number of hydrogen-bond donors (Lipinski definition) is 1. The molecule has 0 aliphatic heterocycles. The number of aryl methyl sites for hydroxylation is 2. The predicted octanol–water partition coefficient (Wildman–Crippen LogP) is 3.66. The summed E-state index contributed by atoms with van der Waals surface area (Å²) in [6, 6.07) is 5.59. The quantitative estimate of drug-likeness (QED) is 0.804. The van der Waals surface area contributed by atoms with Gasteiger partial charge in [0.25, 0.3) is 0 Å². The molecular weight excluding hydrogens is 255 g/mol. The standard InChI is InChI=1S/C14H20F3NO/c1-10-4-5-12(8-11(10)2)13(18)9-19-7-3-6-14(15,16)17/h4-5,8,13H,3,6-7,9,18H2,1-2H3. The molecule has 0 heterocycles. The Hall–Kier alpha value is -1.07. The molecule has 0 aliphatic rings. The van der Waals surface area contributed by atoms with E-state index in [0.29, 0.717) is 0 Å². The minimum atomic E-state index is -4.11. The molecule has 0 spiro atoms. The molecule has 1 atom stereocenters. The molecule has 1 aromatic rings. The SMILES string of the molecule is Cc1ccc(C(N)COCCCC(F)(F)F)cc1C. The van der Waals surface area contributed by atoms with Crippen molar-refractivity contribution < 1.29 is 17.9 Å². The first kappa shape index (κ1) is 16.0. The normalized spacial score (nSPS) is 13.6. The second kappa shape index (κ2) is 6.91. The van der Waals surface area contributed by atoms with E-state index in [1.54, 1.807) is 0 Å². The molecule has 5 heteroatoms. The van der Waals surface area contributed by atoms with Gasteiger partial charge in [-0.25, -0.2) is 0 Å². The molecule has 1 rings (SSSR count). The number of halogens is 3. The average molecular weight is 275 g/mol. The third kappa shape index (κ3) is 6.07. The molecule has 0 bridgehead atoms. The third-order valence-corrected chi connectivity index (χ3v) is 3.01. The lowest BCUT2D eigenvalue weighted by molar-refractivity contribution is -0.137. The van der Waals surface area contributed by atoms with Crippen molar-refractivity contribution in [2.24, 2.45) is 5.73 Å². The van der Waals surface area contributed by atoms with Crippen LogP contribution in [-0.2, 0) is 4.74 Å². The van der Waals surface area contributed by atoms with E-state index in [2.05, 4.69) is 0 Å². The van der Waals surface area contributed by atoms with Crippen LogP contribution in [0.25, 0.3) is 0 Å². The van der Waals surface area contributed by atoms with Crippen molar-refractivity contribution in [2.45, 2.75) is 38.9 Å². The summed E-state index contributed by atoms with van der Waals surface area (Å²) in [5, 5.41) is 0. The van der Waals surface area contributed by atoms with Crippen LogP contribution in [-0.4, -0.2) is 19.4 Å². The smallest absolute Gasteiger partial charge is 0.379 e. The van der Waals surface area contributed by atoms with E-state index in [1.807, 2.05) is 32.0 Å². The molecular formula is C14H20F3NO. The lowest BCUT2D eigenvalue weighted by Crippen LogP contribution is -2.18. The fourth-order valence-corrected chi connectivity index (χ4v) is 1.68. The Morgan fingerprint density at radius 1 is 1.21 bits per heavy atom. The Bertz CT molecular complexity index is 404. The number of benzene rings is 1. The molecule has 0 aliphatic carbocycles. The van der Waals surface area contributed by atoms with Gasteiger partial charge >= 0.3 is 6.18 Å². The van der Waals surface area contributed by atoms with Gasteiger partial charge in [-0.3, -0.25) is 0 Å². The van der Waals surface area contributed by atoms with Crippen molar-refractivity contribution in [2.75, 3.05) is 13.2 Å². The molecule has 0 amide bonds. The van der Waals surface area contributed by atoms with E-state index in [1.165, 1.54) is 5.56 Å². The minimum Gasteiger partial charge on any atom is -0.379 e. The molecule has 0 fully saturated rings. The third-order valence-electron chi connectivity index (χ3n) is 3.01. The summed E-state index contributed by atoms with van der Waals surface area (Å²) in [7, 11) is 0. The van der Waals surface area contributed by atoms with Crippen LogP contribution in [0.4, 0.5) is 13.2 Å². The summed E-state index contributed by atoms with van der Waals surface area (Å²) < 4.78 is 40.9. The van der Waals surface area contributed by atoms with E-state index in [4.69, 9.17) is 10.5 Å². The Labute approximate surface area is 111 Å². The van der Waals surface area contributed by atoms with Crippen LogP contribution in [0.3, 0.4) is 0 Å². The molecule has 0 radical (unpaired) electrons. The number of nitrogens with two attached hydrogens (primary N) is 1. The van der Waals surface area contributed by atoms with Crippen molar-refractivity contribution >= 4 is 0 Å². The van der Waals surface area contributed by atoms with Crippen LogP contribution < -0.4 is 5.73 Å². The van der Waals surface area contributed by atoms with E-state index in [0.717, 1.165) is 11.1 Å². The Morgan fingerprint density at radius 2 is 1.89 bits per heavy atom. The molecule has 2 N–H and O–H groups in total. The minimum absolute atomic E-state index is 0.0247. The molecule has 2 nitrogen and oxygen atoms in total. The maximum absolute atomic E-state index is 11.9. The summed E-state index contributed by atoms with van der Waals surface area (Å²) in [6.07, 6.45) is -4.95. The molecule has 0 aromatic heterocycles. The van der Waals surface area contributed by atoms with Gasteiger partial charge in [0.05, 0.1) is 12.6 Å². The van der Waals surface area contributed by atoms with Gasteiger partial charge in [-0.05, 0) is 37.0 Å². The van der Waals surface area contributed by atoms with Crippen LogP contribution in [0.2, 0.25) is 0 Å². The van der Waals surface area contributed by atoms with Gasteiger partial charge in [-0.1, -0.05) is 18.2 Å². The zero-order valence-electron chi connectivity index (χ0n) is 11.3. The maximum Gasteiger partial charge on any atom is 0.389 e. The summed E-state index contributed by atoms with van der Waals surface area (Å²) in [5.41, 5.74) is 9.20. The number of hydrogen-bond acceptors (Lipinski definition) is 2. The summed E-state index contributed by atoms with van der Waals surface area (Å²) >= 11 is 0. The Balaban J connectivity index is 2.31. The van der Waals surface area contributed by atoms with Crippen LogP contribution in [0, 0.1) is 13.8 Å². The van der Waals surface area contributed by atoms with Crippen LogP contribution >= 0.6 is 0 Å². The van der Waals surface area contributed by atoms with E-state index >= 15 is 0 Å². The highest BCUT2D eigenvalue weighted by molar-refractivity contribution is 5.31. The largest absolute Gasteiger partial charge is 0.389 e. The van der Waals surface area contributed by atoms with Gasteiger partial charge in [-0.15, -0.1) is 0 Å². The summed E-state index contributed by atoms with van der Waals surface area (Å²) in [4.78, 5) is 0. The van der Waals surface area contributed by atoms with E-state index < -0.39 is 12.6 Å². The predicted molar refractivity (Wildman–Crippen MR) is 69.0 cm³/mol. The van der Waals surface area contributed by atoms with Gasteiger partial charge in [0, 0.05) is 13.0 Å². The molecule has 1 aromatic carbocycles. The Kier molecular flexibility index (Phi) is 5.82. The number of rotatable bonds is 6. The summed E-state index contributed by atoms with van der Waals surface area (Å²) in [5.74, 6) is 0. The topological polar surface area (TPSA) is 35.2 Å². The van der Waals surface area contributed by atoms with Crippen molar-refractivity contribution in [3.8, 4) is 0 Å². The fraction of sp³-hybridized carbons (Fsp3) is 0.571. The first-order valence-electron chi connectivity index (χ1n) is 6.27. The van der Waals surface area contributed by atoms with Gasteiger partial charge in [0.15, 0.2) is 0 Å². The zero-order valence-corrected chi connectivity index (χ0v) is 11.3. The fourth-order valence-electron chi connectivity index (χ4n) is 1.68.